The molecule has 4 nitrogen and oxygen atoms in total. The summed E-state index contributed by atoms with van der Waals surface area (Å²) in [6.07, 6.45) is 6.89. The van der Waals surface area contributed by atoms with E-state index < -0.39 is 0 Å². The van der Waals surface area contributed by atoms with E-state index in [4.69, 9.17) is 0 Å². The normalized spacial score (nSPS) is 14.0. The first-order valence-corrected chi connectivity index (χ1v) is 11.2. The van der Waals surface area contributed by atoms with Crippen LogP contribution in [0, 0.1) is 0 Å². The summed E-state index contributed by atoms with van der Waals surface area (Å²) < 4.78 is 1.08. The third kappa shape index (κ3) is 4.56. The quantitative estimate of drug-likeness (QED) is 0.492. The number of amides is 1. The number of phenols is 2. The Morgan fingerprint density at radius 1 is 0.931 bits per heavy atom. The number of hydrogen-bond acceptors (Lipinski definition) is 4. The molecule has 1 aromatic heterocycles. The SMILES string of the molecule is O=C(CCCCCc1c(-c2ccc(O)cc2)sc2cc(O)ccc12)N1CCCC1. The average Bonchev–Trinajstić information content (AvgIpc) is 3.36. The number of rotatable bonds is 7. The Kier molecular flexibility index (Phi) is 6.05. The molecule has 1 aliphatic rings. The number of aromatic hydroxyl groups is 2. The summed E-state index contributed by atoms with van der Waals surface area (Å²) in [6, 6.07) is 12.9. The maximum Gasteiger partial charge on any atom is 0.222 e. The van der Waals surface area contributed by atoms with E-state index in [1.54, 1.807) is 29.5 Å². The number of unbranched alkanes of at least 4 members (excludes halogenated alkanes) is 2. The number of thiophene rings is 1. The van der Waals surface area contributed by atoms with Gasteiger partial charge in [-0.05, 0) is 91.1 Å². The van der Waals surface area contributed by atoms with Crippen molar-refractivity contribution in [1.82, 2.24) is 4.90 Å². The molecule has 1 fully saturated rings. The highest BCUT2D eigenvalue weighted by Crippen LogP contribution is 2.41. The fourth-order valence-corrected chi connectivity index (χ4v) is 5.40. The number of carbonyl (C=O) groups excluding carboxylic acids is 1. The second kappa shape index (κ2) is 8.87. The van der Waals surface area contributed by atoms with Crippen molar-refractivity contribution in [2.45, 2.75) is 44.9 Å². The van der Waals surface area contributed by atoms with E-state index in [1.807, 2.05) is 29.2 Å². The van der Waals surface area contributed by atoms with Gasteiger partial charge in [-0.15, -0.1) is 11.3 Å². The number of likely N-dealkylation sites (tertiary alicyclic amines) is 1. The third-order valence-corrected chi connectivity index (χ3v) is 6.93. The van der Waals surface area contributed by atoms with Crippen molar-refractivity contribution < 1.29 is 15.0 Å². The van der Waals surface area contributed by atoms with Crippen LogP contribution in [0.5, 0.6) is 11.5 Å². The van der Waals surface area contributed by atoms with Crippen molar-refractivity contribution in [2.24, 2.45) is 0 Å². The first kappa shape index (κ1) is 19.8. The van der Waals surface area contributed by atoms with Gasteiger partial charge in [-0.3, -0.25) is 4.79 Å². The lowest BCUT2D eigenvalue weighted by atomic mass is 9.99. The summed E-state index contributed by atoms with van der Waals surface area (Å²) in [5, 5.41) is 20.7. The van der Waals surface area contributed by atoms with Crippen LogP contribution in [0.1, 0.15) is 44.1 Å². The molecule has 1 amide bonds. The van der Waals surface area contributed by atoms with Gasteiger partial charge in [0, 0.05) is 29.1 Å². The number of carbonyl (C=O) groups is 1. The van der Waals surface area contributed by atoms with Gasteiger partial charge in [0.2, 0.25) is 5.91 Å². The molecule has 152 valence electrons. The van der Waals surface area contributed by atoms with Crippen molar-refractivity contribution in [3.8, 4) is 21.9 Å². The Labute approximate surface area is 175 Å². The van der Waals surface area contributed by atoms with Crippen molar-refractivity contribution >= 4 is 27.3 Å². The molecule has 0 unspecified atom stereocenters. The molecule has 2 aromatic carbocycles. The number of phenolic OH excluding ortho intramolecular Hbond substituents is 2. The van der Waals surface area contributed by atoms with Crippen LogP contribution >= 0.6 is 11.3 Å². The predicted molar refractivity (Wildman–Crippen MR) is 119 cm³/mol. The van der Waals surface area contributed by atoms with Gasteiger partial charge in [-0.2, -0.15) is 0 Å². The van der Waals surface area contributed by atoms with Crippen LogP contribution in [-0.4, -0.2) is 34.1 Å². The maximum atomic E-state index is 12.2. The molecule has 1 saturated heterocycles. The number of fused-ring (bicyclic) bond motifs is 1. The van der Waals surface area contributed by atoms with Crippen molar-refractivity contribution in [1.29, 1.82) is 0 Å². The minimum atomic E-state index is 0.261. The Balaban J connectivity index is 1.44. The van der Waals surface area contributed by atoms with Gasteiger partial charge in [0.05, 0.1) is 0 Å². The van der Waals surface area contributed by atoms with Crippen LogP contribution in [-0.2, 0) is 11.2 Å². The summed E-state index contributed by atoms with van der Waals surface area (Å²) in [6.45, 7) is 1.87. The topological polar surface area (TPSA) is 60.8 Å². The first-order valence-electron chi connectivity index (χ1n) is 10.4. The molecule has 3 aromatic rings. The molecular formula is C24H27NO3S. The molecule has 0 spiro atoms. The van der Waals surface area contributed by atoms with Crippen molar-refractivity contribution in [3.63, 3.8) is 0 Å². The summed E-state index contributed by atoms with van der Waals surface area (Å²) in [5.74, 6) is 0.850. The van der Waals surface area contributed by atoms with Crippen LogP contribution in [0.4, 0.5) is 0 Å². The molecule has 2 N–H and O–H groups in total. The smallest absolute Gasteiger partial charge is 0.222 e. The van der Waals surface area contributed by atoms with Crippen molar-refractivity contribution in [2.75, 3.05) is 13.1 Å². The van der Waals surface area contributed by atoms with E-state index in [2.05, 4.69) is 0 Å². The highest BCUT2D eigenvalue weighted by molar-refractivity contribution is 7.22. The van der Waals surface area contributed by atoms with Gasteiger partial charge >= 0.3 is 0 Å². The van der Waals surface area contributed by atoms with Crippen LogP contribution < -0.4 is 0 Å². The summed E-state index contributed by atoms with van der Waals surface area (Å²) >= 11 is 1.68. The van der Waals surface area contributed by atoms with E-state index in [0.717, 1.165) is 61.9 Å². The molecule has 1 aliphatic heterocycles. The minimum Gasteiger partial charge on any atom is -0.508 e. The van der Waals surface area contributed by atoms with Gasteiger partial charge in [0.1, 0.15) is 11.5 Å². The van der Waals surface area contributed by atoms with Crippen LogP contribution in [0.25, 0.3) is 20.5 Å². The largest absolute Gasteiger partial charge is 0.508 e. The number of nitrogens with zero attached hydrogens (tertiary/aromatic N) is 1. The molecule has 5 heteroatoms. The third-order valence-electron chi connectivity index (χ3n) is 5.68. The fourth-order valence-electron chi connectivity index (χ4n) is 4.11. The van der Waals surface area contributed by atoms with Gasteiger partial charge < -0.3 is 15.1 Å². The second-order valence-corrected chi connectivity index (χ2v) is 8.84. The zero-order valence-electron chi connectivity index (χ0n) is 16.6. The lowest BCUT2D eigenvalue weighted by molar-refractivity contribution is -0.130. The molecule has 0 bridgehead atoms. The summed E-state index contributed by atoms with van der Waals surface area (Å²) in [7, 11) is 0. The minimum absolute atomic E-state index is 0.261. The van der Waals surface area contributed by atoms with Gasteiger partial charge in [-0.25, -0.2) is 0 Å². The van der Waals surface area contributed by atoms with Gasteiger partial charge in [0.15, 0.2) is 0 Å². The highest BCUT2D eigenvalue weighted by atomic mass is 32.1. The predicted octanol–water partition coefficient (Wildman–Crippen LogP) is 5.70. The lowest BCUT2D eigenvalue weighted by Crippen LogP contribution is -2.27. The highest BCUT2D eigenvalue weighted by Gasteiger charge is 2.17. The zero-order valence-corrected chi connectivity index (χ0v) is 17.4. The maximum absolute atomic E-state index is 12.2. The van der Waals surface area contributed by atoms with E-state index >= 15 is 0 Å². The fraction of sp³-hybridized carbons (Fsp3) is 0.375. The molecular weight excluding hydrogens is 382 g/mol. The first-order chi connectivity index (χ1) is 14.1. The number of benzene rings is 2. The van der Waals surface area contributed by atoms with Crippen LogP contribution in [0.15, 0.2) is 42.5 Å². The molecule has 29 heavy (non-hydrogen) atoms. The van der Waals surface area contributed by atoms with E-state index in [9.17, 15) is 15.0 Å². The summed E-state index contributed by atoms with van der Waals surface area (Å²) in [5.41, 5.74) is 2.38. The molecule has 0 saturated carbocycles. The van der Waals surface area contributed by atoms with Crippen molar-refractivity contribution in [3.05, 3.63) is 48.0 Å². The molecule has 4 rings (SSSR count). The van der Waals surface area contributed by atoms with Gasteiger partial charge in [-0.1, -0.05) is 6.42 Å². The van der Waals surface area contributed by atoms with Gasteiger partial charge in [0.25, 0.3) is 0 Å². The average molecular weight is 410 g/mol. The molecule has 2 heterocycles. The zero-order chi connectivity index (χ0) is 20.2. The summed E-state index contributed by atoms with van der Waals surface area (Å²) in [4.78, 5) is 15.4. The van der Waals surface area contributed by atoms with Crippen LogP contribution in [0.3, 0.4) is 0 Å². The monoisotopic (exact) mass is 409 g/mol. The Morgan fingerprint density at radius 3 is 2.41 bits per heavy atom. The molecule has 0 radical (unpaired) electrons. The Hall–Kier alpha value is -2.53. The van der Waals surface area contributed by atoms with E-state index in [0.29, 0.717) is 12.3 Å². The number of aryl methyl sites for hydroxylation is 1. The Morgan fingerprint density at radius 2 is 1.66 bits per heavy atom. The number of hydrogen-bond donors (Lipinski definition) is 2. The van der Waals surface area contributed by atoms with Crippen LogP contribution in [0.2, 0.25) is 0 Å². The Bertz CT molecular complexity index is 987. The standard InChI is InChI=1S/C24H27NO3S/c26-18-10-8-17(9-11-18)24-21(20-13-12-19(27)16-22(20)29-24)6-2-1-3-7-23(28)25-14-4-5-15-25/h8-13,16,26-27H,1-7,14-15H2. The second-order valence-electron chi connectivity index (χ2n) is 7.79. The van der Waals surface area contributed by atoms with E-state index in [1.165, 1.54) is 15.8 Å². The lowest BCUT2D eigenvalue weighted by Gasteiger charge is -2.14. The molecule has 0 aliphatic carbocycles. The molecule has 0 atom stereocenters. The van der Waals surface area contributed by atoms with E-state index in [-0.39, 0.29) is 11.5 Å².